The average Bonchev–Trinajstić information content (AvgIpc) is 2.22. The molecule has 16 heavy (non-hydrogen) atoms. The fourth-order valence-corrected chi connectivity index (χ4v) is 2.16. The van der Waals surface area contributed by atoms with Crippen LogP contribution in [-0.4, -0.2) is 4.98 Å². The first kappa shape index (κ1) is 11.9. The number of aromatic nitrogens is 1. The zero-order chi connectivity index (χ0) is 11.5. The molecular formula is C11H6Br2ClNO. The van der Waals surface area contributed by atoms with E-state index in [-0.39, 0.29) is 0 Å². The minimum absolute atomic E-state index is 0.499. The van der Waals surface area contributed by atoms with Crippen molar-refractivity contribution in [1.82, 2.24) is 4.98 Å². The van der Waals surface area contributed by atoms with Crippen molar-refractivity contribution in [2.24, 2.45) is 0 Å². The molecule has 2 aromatic rings. The van der Waals surface area contributed by atoms with E-state index >= 15 is 0 Å². The number of pyridine rings is 1. The van der Waals surface area contributed by atoms with Gasteiger partial charge in [0.15, 0.2) is 0 Å². The van der Waals surface area contributed by atoms with Gasteiger partial charge >= 0.3 is 0 Å². The van der Waals surface area contributed by atoms with Crippen molar-refractivity contribution in [3.8, 4) is 11.6 Å². The summed E-state index contributed by atoms with van der Waals surface area (Å²) < 4.78 is 7.18. The number of benzene rings is 1. The molecule has 0 aliphatic carbocycles. The van der Waals surface area contributed by atoms with E-state index in [0.717, 1.165) is 9.08 Å². The van der Waals surface area contributed by atoms with Crippen LogP contribution in [0.2, 0.25) is 5.02 Å². The van der Waals surface area contributed by atoms with Crippen molar-refractivity contribution in [2.45, 2.75) is 0 Å². The highest BCUT2D eigenvalue weighted by Crippen LogP contribution is 2.31. The molecule has 0 saturated heterocycles. The number of rotatable bonds is 2. The lowest BCUT2D eigenvalue weighted by molar-refractivity contribution is 0.462. The van der Waals surface area contributed by atoms with Crippen LogP contribution >= 0.6 is 43.5 Å². The lowest BCUT2D eigenvalue weighted by Crippen LogP contribution is -1.88. The van der Waals surface area contributed by atoms with E-state index in [1.54, 1.807) is 18.2 Å². The highest BCUT2D eigenvalue weighted by Gasteiger charge is 2.04. The molecule has 2 rings (SSSR count). The highest BCUT2D eigenvalue weighted by atomic mass is 79.9. The van der Waals surface area contributed by atoms with Crippen molar-refractivity contribution in [3.05, 3.63) is 50.5 Å². The van der Waals surface area contributed by atoms with E-state index in [4.69, 9.17) is 16.3 Å². The first-order valence-corrected chi connectivity index (χ1v) is 6.37. The van der Waals surface area contributed by atoms with Crippen molar-refractivity contribution >= 4 is 43.5 Å². The Hall–Kier alpha value is -0.580. The van der Waals surface area contributed by atoms with Gasteiger partial charge in [0.25, 0.3) is 0 Å². The molecule has 0 N–H and O–H groups in total. The van der Waals surface area contributed by atoms with E-state index < -0.39 is 0 Å². The Balaban J connectivity index is 2.27. The molecule has 5 heteroatoms. The Kier molecular flexibility index (Phi) is 3.84. The van der Waals surface area contributed by atoms with Gasteiger partial charge in [0, 0.05) is 10.5 Å². The largest absolute Gasteiger partial charge is 0.437 e. The quantitative estimate of drug-likeness (QED) is 0.697. The summed E-state index contributed by atoms with van der Waals surface area (Å²) in [5.74, 6) is 1.08. The summed E-state index contributed by atoms with van der Waals surface area (Å²) in [4.78, 5) is 4.16. The van der Waals surface area contributed by atoms with Gasteiger partial charge in [-0.3, -0.25) is 0 Å². The lowest BCUT2D eigenvalue weighted by atomic mass is 10.3. The van der Waals surface area contributed by atoms with Gasteiger partial charge < -0.3 is 4.74 Å². The van der Waals surface area contributed by atoms with Gasteiger partial charge in [-0.1, -0.05) is 33.6 Å². The first-order chi connectivity index (χ1) is 7.65. The number of nitrogens with zero attached hydrogens (tertiary/aromatic N) is 1. The molecule has 82 valence electrons. The van der Waals surface area contributed by atoms with Gasteiger partial charge in [0.1, 0.15) is 10.4 Å². The van der Waals surface area contributed by atoms with Crippen molar-refractivity contribution < 1.29 is 4.74 Å². The zero-order valence-electron chi connectivity index (χ0n) is 7.95. The smallest absolute Gasteiger partial charge is 0.220 e. The van der Waals surface area contributed by atoms with Crippen LogP contribution in [0.4, 0.5) is 0 Å². The van der Waals surface area contributed by atoms with Crippen LogP contribution in [-0.2, 0) is 0 Å². The van der Waals surface area contributed by atoms with Crippen LogP contribution in [0.25, 0.3) is 0 Å². The first-order valence-electron chi connectivity index (χ1n) is 4.40. The minimum atomic E-state index is 0.499. The van der Waals surface area contributed by atoms with Gasteiger partial charge in [-0.15, -0.1) is 0 Å². The summed E-state index contributed by atoms with van der Waals surface area (Å²) >= 11 is 12.6. The summed E-state index contributed by atoms with van der Waals surface area (Å²) in [6, 6.07) is 10.9. The third-order valence-corrected chi connectivity index (χ3v) is 3.03. The fourth-order valence-electron chi connectivity index (χ4n) is 1.12. The molecule has 0 bridgehead atoms. The standard InChI is InChI=1S/C11H6Br2ClNO/c12-7-4-5-9(8(14)6-7)16-11-3-1-2-10(13)15-11/h1-6H. The SMILES string of the molecule is Clc1cc(Br)ccc1Oc1cccc(Br)n1. The number of hydrogen-bond acceptors (Lipinski definition) is 2. The molecule has 2 nitrogen and oxygen atoms in total. The summed E-state index contributed by atoms with van der Waals surface area (Å²) in [7, 11) is 0. The Morgan fingerprint density at radius 2 is 1.94 bits per heavy atom. The molecule has 0 saturated carbocycles. The monoisotopic (exact) mass is 361 g/mol. The topological polar surface area (TPSA) is 22.1 Å². The van der Waals surface area contributed by atoms with Gasteiger partial charge in [0.05, 0.1) is 5.02 Å². The number of ether oxygens (including phenoxy) is 1. The van der Waals surface area contributed by atoms with E-state index in [1.807, 2.05) is 18.2 Å². The molecule has 1 aromatic carbocycles. The summed E-state index contributed by atoms with van der Waals surface area (Å²) in [6.45, 7) is 0. The second-order valence-electron chi connectivity index (χ2n) is 2.98. The Labute approximate surface area is 115 Å². The van der Waals surface area contributed by atoms with E-state index in [9.17, 15) is 0 Å². The average molecular weight is 363 g/mol. The van der Waals surface area contributed by atoms with Crippen molar-refractivity contribution in [2.75, 3.05) is 0 Å². The lowest BCUT2D eigenvalue weighted by Gasteiger charge is -2.06. The highest BCUT2D eigenvalue weighted by molar-refractivity contribution is 9.10. The Bertz CT molecular complexity index is 519. The molecule has 0 unspecified atom stereocenters. The summed E-state index contributed by atoms with van der Waals surface area (Å²) in [5, 5.41) is 0.538. The molecule has 0 radical (unpaired) electrons. The molecule has 0 fully saturated rings. The van der Waals surface area contributed by atoms with Crippen LogP contribution in [0.15, 0.2) is 45.5 Å². The molecule has 0 atom stereocenters. The predicted molar refractivity (Wildman–Crippen MR) is 71.2 cm³/mol. The van der Waals surface area contributed by atoms with E-state index in [1.165, 1.54) is 0 Å². The Morgan fingerprint density at radius 3 is 2.62 bits per heavy atom. The maximum Gasteiger partial charge on any atom is 0.220 e. The molecule has 0 aliphatic heterocycles. The fraction of sp³-hybridized carbons (Fsp3) is 0. The minimum Gasteiger partial charge on any atom is -0.437 e. The van der Waals surface area contributed by atoms with Crippen LogP contribution in [0, 0.1) is 0 Å². The molecule has 1 aromatic heterocycles. The second kappa shape index (κ2) is 5.17. The van der Waals surface area contributed by atoms with Gasteiger partial charge in [-0.2, -0.15) is 0 Å². The van der Waals surface area contributed by atoms with Crippen LogP contribution < -0.4 is 4.74 Å². The van der Waals surface area contributed by atoms with Gasteiger partial charge in [0.2, 0.25) is 5.88 Å². The van der Waals surface area contributed by atoms with Crippen molar-refractivity contribution in [1.29, 1.82) is 0 Å². The third kappa shape index (κ3) is 2.97. The molecule has 0 spiro atoms. The second-order valence-corrected chi connectivity index (χ2v) is 5.11. The number of halogens is 3. The normalized spacial score (nSPS) is 10.2. The number of hydrogen-bond donors (Lipinski definition) is 0. The zero-order valence-corrected chi connectivity index (χ0v) is 11.9. The molecular weight excluding hydrogens is 357 g/mol. The van der Waals surface area contributed by atoms with E-state index in [0.29, 0.717) is 16.7 Å². The third-order valence-electron chi connectivity index (χ3n) is 1.80. The van der Waals surface area contributed by atoms with Crippen LogP contribution in [0.5, 0.6) is 11.6 Å². The van der Waals surface area contributed by atoms with Crippen LogP contribution in [0.1, 0.15) is 0 Å². The van der Waals surface area contributed by atoms with Crippen LogP contribution in [0.3, 0.4) is 0 Å². The summed E-state index contributed by atoms with van der Waals surface area (Å²) in [6.07, 6.45) is 0. The molecule has 0 aliphatic rings. The molecule has 1 heterocycles. The summed E-state index contributed by atoms with van der Waals surface area (Å²) in [5.41, 5.74) is 0. The van der Waals surface area contributed by atoms with Gasteiger partial charge in [-0.25, -0.2) is 4.98 Å². The predicted octanol–water partition coefficient (Wildman–Crippen LogP) is 5.05. The maximum absolute atomic E-state index is 6.02. The maximum atomic E-state index is 6.02. The van der Waals surface area contributed by atoms with Crippen molar-refractivity contribution in [3.63, 3.8) is 0 Å². The van der Waals surface area contributed by atoms with E-state index in [2.05, 4.69) is 36.8 Å². The molecule has 0 amide bonds. The van der Waals surface area contributed by atoms with Gasteiger partial charge in [-0.05, 0) is 40.2 Å². The Morgan fingerprint density at radius 1 is 1.12 bits per heavy atom.